The average molecular weight is 292 g/mol. The van der Waals surface area contributed by atoms with Gasteiger partial charge >= 0.3 is 11.9 Å². The Balaban J connectivity index is 3.24. The van der Waals surface area contributed by atoms with Gasteiger partial charge in [0.2, 0.25) is 0 Å². The van der Waals surface area contributed by atoms with Gasteiger partial charge in [-0.2, -0.15) is 0 Å². The number of carboxylic acids is 2. The second-order valence-electron chi connectivity index (χ2n) is 5.47. The zero-order valence-electron chi connectivity index (χ0n) is 13.0. The summed E-state index contributed by atoms with van der Waals surface area (Å²) in [5, 5.41) is 18.9. The molecule has 1 aliphatic rings. The van der Waals surface area contributed by atoms with Gasteiger partial charge in [0.1, 0.15) is 5.41 Å². The third kappa shape index (κ3) is 3.43. The predicted molar refractivity (Wildman–Crippen MR) is 82.1 cm³/mol. The first kappa shape index (κ1) is 17.2. The first-order valence-electron chi connectivity index (χ1n) is 7.48. The molecule has 0 saturated heterocycles. The fourth-order valence-corrected chi connectivity index (χ4v) is 2.80. The fraction of sp³-hybridized carbons (Fsp3) is 0.529. The first-order valence-corrected chi connectivity index (χ1v) is 7.48. The summed E-state index contributed by atoms with van der Waals surface area (Å²) < 4.78 is 0. The number of allylic oxidation sites excluding steroid dienone is 2. The molecule has 0 bridgehead atoms. The highest BCUT2D eigenvalue weighted by molar-refractivity contribution is 5.96. The lowest BCUT2D eigenvalue weighted by Crippen LogP contribution is -2.35. The molecule has 0 aromatic rings. The normalized spacial score (nSPS) is 23.7. The lowest BCUT2D eigenvalue weighted by Gasteiger charge is -2.33. The van der Waals surface area contributed by atoms with Crippen LogP contribution in [0.1, 0.15) is 52.9 Å². The Hall–Kier alpha value is -1.84. The number of carbonyl (C=O) groups is 2. The molecule has 116 valence electrons. The molecule has 0 radical (unpaired) electrons. The Bertz CT molecular complexity index is 511. The molecular weight excluding hydrogens is 268 g/mol. The van der Waals surface area contributed by atoms with Crippen LogP contribution in [0.3, 0.4) is 0 Å². The molecule has 0 amide bonds. The summed E-state index contributed by atoms with van der Waals surface area (Å²) in [4.78, 5) is 23.1. The quantitative estimate of drug-likeness (QED) is 0.697. The van der Waals surface area contributed by atoms with E-state index in [9.17, 15) is 19.8 Å². The largest absolute Gasteiger partial charge is 0.480 e. The number of rotatable bonds is 7. The Labute approximate surface area is 125 Å². The summed E-state index contributed by atoms with van der Waals surface area (Å²) in [7, 11) is 0. The number of carboxylic acid groups (broad SMARTS) is 2. The van der Waals surface area contributed by atoms with Crippen LogP contribution in [0.5, 0.6) is 0 Å². The van der Waals surface area contributed by atoms with E-state index in [-0.39, 0.29) is 5.57 Å². The van der Waals surface area contributed by atoms with Crippen LogP contribution in [0.4, 0.5) is 0 Å². The topological polar surface area (TPSA) is 74.6 Å². The van der Waals surface area contributed by atoms with E-state index in [2.05, 4.69) is 6.92 Å². The number of hydrogen-bond acceptors (Lipinski definition) is 2. The Kier molecular flexibility index (Phi) is 5.94. The van der Waals surface area contributed by atoms with Crippen molar-refractivity contribution < 1.29 is 19.8 Å². The average Bonchev–Trinajstić information content (AvgIpc) is 2.44. The predicted octanol–water partition coefficient (Wildman–Crippen LogP) is 3.95. The lowest BCUT2D eigenvalue weighted by atomic mass is 9.69. The Morgan fingerprint density at radius 2 is 1.86 bits per heavy atom. The van der Waals surface area contributed by atoms with Crippen LogP contribution in [0.2, 0.25) is 0 Å². The molecule has 1 aliphatic carbocycles. The van der Waals surface area contributed by atoms with Crippen molar-refractivity contribution in [1.29, 1.82) is 0 Å². The van der Waals surface area contributed by atoms with Crippen LogP contribution in [0.15, 0.2) is 34.9 Å². The molecular formula is C17H24O4. The summed E-state index contributed by atoms with van der Waals surface area (Å²) in [6, 6.07) is 0. The summed E-state index contributed by atoms with van der Waals surface area (Å²) in [6.45, 7) is 5.52. The molecule has 0 heterocycles. The first-order chi connectivity index (χ1) is 9.89. The number of aliphatic carboxylic acids is 2. The highest BCUT2D eigenvalue weighted by Gasteiger charge is 2.43. The third-order valence-corrected chi connectivity index (χ3v) is 4.12. The van der Waals surface area contributed by atoms with Crippen LogP contribution < -0.4 is 0 Å². The van der Waals surface area contributed by atoms with Crippen molar-refractivity contribution in [3.8, 4) is 0 Å². The Morgan fingerprint density at radius 3 is 2.33 bits per heavy atom. The van der Waals surface area contributed by atoms with Gasteiger partial charge in [-0.05, 0) is 43.4 Å². The molecule has 0 aliphatic heterocycles. The molecule has 4 nitrogen and oxygen atoms in total. The smallest absolute Gasteiger partial charge is 0.335 e. The monoisotopic (exact) mass is 292 g/mol. The van der Waals surface area contributed by atoms with Crippen molar-refractivity contribution in [2.75, 3.05) is 0 Å². The van der Waals surface area contributed by atoms with Crippen LogP contribution in [0.25, 0.3) is 0 Å². The molecule has 21 heavy (non-hydrogen) atoms. The molecule has 2 N–H and O–H groups in total. The van der Waals surface area contributed by atoms with Crippen LogP contribution in [-0.4, -0.2) is 22.2 Å². The van der Waals surface area contributed by atoms with Crippen molar-refractivity contribution in [3.63, 3.8) is 0 Å². The fourth-order valence-electron chi connectivity index (χ4n) is 2.80. The second kappa shape index (κ2) is 7.25. The molecule has 0 aromatic carbocycles. The molecule has 0 spiro atoms. The van der Waals surface area contributed by atoms with Gasteiger partial charge in [0.25, 0.3) is 0 Å². The standard InChI is InChI=1S/C17H24O4/c1-4-6-7-8-9-12-10-11-13(15(18)19)14(5-2)17(12,3)16(20)21/h9-11H,4-8H2,1-3H3,(H,18,19)(H,20,21). The summed E-state index contributed by atoms with van der Waals surface area (Å²) in [5.74, 6) is -2.07. The molecule has 1 rings (SSSR count). The van der Waals surface area contributed by atoms with E-state index < -0.39 is 17.4 Å². The van der Waals surface area contributed by atoms with E-state index >= 15 is 0 Å². The summed E-state index contributed by atoms with van der Waals surface area (Å²) >= 11 is 0. The van der Waals surface area contributed by atoms with Gasteiger partial charge in [-0.25, -0.2) is 4.79 Å². The molecule has 0 aromatic heterocycles. The van der Waals surface area contributed by atoms with Gasteiger partial charge in [0, 0.05) is 0 Å². The van der Waals surface area contributed by atoms with Gasteiger partial charge in [0.05, 0.1) is 5.57 Å². The van der Waals surface area contributed by atoms with Crippen molar-refractivity contribution >= 4 is 11.9 Å². The van der Waals surface area contributed by atoms with Gasteiger partial charge in [-0.1, -0.05) is 38.8 Å². The van der Waals surface area contributed by atoms with E-state index in [0.717, 1.165) is 25.7 Å². The van der Waals surface area contributed by atoms with Gasteiger partial charge in [-0.15, -0.1) is 0 Å². The van der Waals surface area contributed by atoms with Crippen LogP contribution in [-0.2, 0) is 9.59 Å². The van der Waals surface area contributed by atoms with Crippen molar-refractivity contribution in [2.45, 2.75) is 52.9 Å². The summed E-state index contributed by atoms with van der Waals surface area (Å²) in [5.41, 5.74) is 0.0106. The van der Waals surface area contributed by atoms with E-state index in [1.807, 2.05) is 6.08 Å². The van der Waals surface area contributed by atoms with Crippen molar-refractivity contribution in [1.82, 2.24) is 0 Å². The maximum atomic E-state index is 11.8. The molecule has 0 fully saturated rings. The highest BCUT2D eigenvalue weighted by atomic mass is 16.4. The lowest BCUT2D eigenvalue weighted by molar-refractivity contribution is -0.143. The summed E-state index contributed by atoms with van der Waals surface area (Å²) in [6.07, 6.45) is 9.55. The van der Waals surface area contributed by atoms with Gasteiger partial charge in [0.15, 0.2) is 0 Å². The Morgan fingerprint density at radius 1 is 1.19 bits per heavy atom. The minimum Gasteiger partial charge on any atom is -0.480 e. The van der Waals surface area contributed by atoms with Gasteiger partial charge in [-0.3, -0.25) is 4.79 Å². The zero-order chi connectivity index (χ0) is 16.0. The molecule has 0 saturated carbocycles. The SMILES string of the molecule is CCCCCC=C1C=CC(C(=O)O)=C(CC)C1(C)C(=O)O. The maximum absolute atomic E-state index is 11.8. The maximum Gasteiger partial charge on any atom is 0.335 e. The molecule has 1 unspecified atom stereocenters. The number of unbranched alkanes of at least 4 members (excludes halogenated alkanes) is 3. The van der Waals surface area contributed by atoms with E-state index in [4.69, 9.17) is 0 Å². The van der Waals surface area contributed by atoms with Crippen LogP contribution in [0, 0.1) is 5.41 Å². The second-order valence-corrected chi connectivity index (χ2v) is 5.47. The van der Waals surface area contributed by atoms with Crippen molar-refractivity contribution in [3.05, 3.63) is 34.9 Å². The van der Waals surface area contributed by atoms with Crippen molar-refractivity contribution in [2.24, 2.45) is 5.41 Å². The van der Waals surface area contributed by atoms with E-state index in [1.54, 1.807) is 19.9 Å². The zero-order valence-corrected chi connectivity index (χ0v) is 13.0. The van der Waals surface area contributed by atoms with Crippen LogP contribution >= 0.6 is 0 Å². The minimum atomic E-state index is -1.25. The highest BCUT2D eigenvalue weighted by Crippen LogP contribution is 2.43. The third-order valence-electron chi connectivity index (χ3n) is 4.12. The minimum absolute atomic E-state index is 0.105. The molecule has 1 atom stereocenters. The van der Waals surface area contributed by atoms with E-state index in [1.165, 1.54) is 6.08 Å². The number of hydrogen-bond donors (Lipinski definition) is 2. The van der Waals surface area contributed by atoms with E-state index in [0.29, 0.717) is 17.6 Å². The molecule has 4 heteroatoms. The van der Waals surface area contributed by atoms with Gasteiger partial charge < -0.3 is 10.2 Å².